The Morgan fingerprint density at radius 2 is 1.79 bits per heavy atom. The summed E-state index contributed by atoms with van der Waals surface area (Å²) in [5.41, 5.74) is 0.946. The fourth-order valence-electron chi connectivity index (χ4n) is 3.05. The Balaban J connectivity index is 0.00000280. The SMILES string of the molecule is CCc1cc(OCC2CCNCC2)cc(OS(=O)(=O)c2ccccc2Cl)c1.Cl. The number of aryl methyl sites for hydroxylation is 1. The standard InChI is InChI=1S/C20H24ClNO4S.ClH/c1-2-15-11-17(25-14-16-7-9-22-10-8-16)13-18(12-15)26-27(23,24)20-6-4-3-5-19(20)21;/h3-6,11-13,16,22H,2,7-10,14H2,1H3;1H. The van der Waals surface area contributed by atoms with Crippen LogP contribution in [0.4, 0.5) is 0 Å². The molecular weight excluding hydrogens is 421 g/mol. The van der Waals surface area contributed by atoms with Crippen molar-refractivity contribution in [3.8, 4) is 11.5 Å². The van der Waals surface area contributed by atoms with Crippen LogP contribution in [-0.4, -0.2) is 28.1 Å². The molecule has 1 saturated heterocycles. The van der Waals surface area contributed by atoms with E-state index in [1.165, 1.54) is 12.1 Å². The lowest BCUT2D eigenvalue weighted by Gasteiger charge is -2.23. The molecule has 0 aliphatic carbocycles. The smallest absolute Gasteiger partial charge is 0.340 e. The molecule has 5 nitrogen and oxygen atoms in total. The van der Waals surface area contributed by atoms with Crippen molar-refractivity contribution in [2.75, 3.05) is 19.7 Å². The van der Waals surface area contributed by atoms with E-state index in [0.29, 0.717) is 18.3 Å². The Morgan fingerprint density at radius 3 is 2.46 bits per heavy atom. The minimum Gasteiger partial charge on any atom is -0.493 e. The maximum atomic E-state index is 12.6. The lowest BCUT2D eigenvalue weighted by atomic mass is 9.99. The Morgan fingerprint density at radius 1 is 1.11 bits per heavy atom. The Kier molecular flexibility index (Phi) is 8.43. The Bertz CT molecular complexity index is 884. The zero-order valence-corrected chi connectivity index (χ0v) is 18.1. The van der Waals surface area contributed by atoms with Crippen LogP contribution in [0.2, 0.25) is 5.02 Å². The van der Waals surface area contributed by atoms with Gasteiger partial charge in [-0.05, 0) is 68.1 Å². The van der Waals surface area contributed by atoms with Crippen molar-refractivity contribution in [1.29, 1.82) is 0 Å². The van der Waals surface area contributed by atoms with E-state index in [1.807, 2.05) is 13.0 Å². The van der Waals surface area contributed by atoms with Gasteiger partial charge in [0.15, 0.2) is 0 Å². The molecular formula is C20H25Cl2NO4S. The zero-order chi connectivity index (χ0) is 19.3. The van der Waals surface area contributed by atoms with Gasteiger partial charge in [-0.25, -0.2) is 0 Å². The second kappa shape index (κ2) is 10.3. The highest BCUT2D eigenvalue weighted by atomic mass is 35.5. The first kappa shape index (κ1) is 22.8. The lowest BCUT2D eigenvalue weighted by Crippen LogP contribution is -2.30. The van der Waals surface area contributed by atoms with Gasteiger partial charge in [-0.15, -0.1) is 12.4 Å². The summed E-state index contributed by atoms with van der Waals surface area (Å²) in [5.74, 6) is 1.36. The molecule has 1 N–H and O–H groups in total. The molecule has 0 aromatic heterocycles. The fourth-order valence-corrected chi connectivity index (χ4v) is 4.46. The van der Waals surface area contributed by atoms with Crippen molar-refractivity contribution < 1.29 is 17.3 Å². The summed E-state index contributed by atoms with van der Waals surface area (Å²) in [5, 5.41) is 3.46. The minimum atomic E-state index is -4.02. The Labute approximate surface area is 177 Å². The largest absolute Gasteiger partial charge is 0.493 e. The molecule has 0 radical (unpaired) electrons. The average Bonchev–Trinajstić information content (AvgIpc) is 2.67. The third kappa shape index (κ3) is 6.01. The fraction of sp³-hybridized carbons (Fsp3) is 0.400. The van der Waals surface area contributed by atoms with Crippen LogP contribution >= 0.6 is 24.0 Å². The molecule has 2 aromatic rings. The number of rotatable bonds is 7. The van der Waals surface area contributed by atoms with Gasteiger partial charge in [-0.3, -0.25) is 0 Å². The second-order valence-corrected chi connectivity index (χ2v) is 8.56. The monoisotopic (exact) mass is 445 g/mol. The molecule has 1 aliphatic heterocycles. The molecule has 0 saturated carbocycles. The molecule has 2 aromatic carbocycles. The summed E-state index contributed by atoms with van der Waals surface area (Å²) >= 11 is 6.01. The topological polar surface area (TPSA) is 64.6 Å². The van der Waals surface area contributed by atoms with Gasteiger partial charge in [0.05, 0.1) is 11.6 Å². The third-order valence-corrected chi connectivity index (χ3v) is 6.35. The molecule has 1 aliphatic rings. The van der Waals surface area contributed by atoms with E-state index >= 15 is 0 Å². The summed E-state index contributed by atoms with van der Waals surface area (Å²) in [7, 11) is -4.02. The van der Waals surface area contributed by atoms with Crippen molar-refractivity contribution in [2.45, 2.75) is 31.1 Å². The van der Waals surface area contributed by atoms with Crippen LogP contribution in [0.15, 0.2) is 47.4 Å². The highest BCUT2D eigenvalue weighted by molar-refractivity contribution is 7.87. The number of ether oxygens (including phenoxy) is 1. The molecule has 28 heavy (non-hydrogen) atoms. The van der Waals surface area contributed by atoms with Crippen LogP contribution < -0.4 is 14.2 Å². The van der Waals surface area contributed by atoms with E-state index in [4.69, 9.17) is 20.5 Å². The molecule has 0 spiro atoms. The van der Waals surface area contributed by atoms with Crippen LogP contribution in [0.5, 0.6) is 11.5 Å². The first-order valence-corrected chi connectivity index (χ1v) is 10.9. The number of piperidine rings is 1. The summed E-state index contributed by atoms with van der Waals surface area (Å²) < 4.78 is 36.5. The third-order valence-electron chi connectivity index (χ3n) is 4.60. The maximum absolute atomic E-state index is 12.6. The van der Waals surface area contributed by atoms with Gasteiger partial charge < -0.3 is 14.2 Å². The maximum Gasteiger partial charge on any atom is 0.340 e. The van der Waals surface area contributed by atoms with Gasteiger partial charge in [-0.1, -0.05) is 30.7 Å². The van der Waals surface area contributed by atoms with E-state index in [2.05, 4.69) is 5.32 Å². The van der Waals surface area contributed by atoms with E-state index < -0.39 is 10.1 Å². The Hall–Kier alpha value is -1.47. The van der Waals surface area contributed by atoms with Gasteiger partial charge in [0.1, 0.15) is 16.4 Å². The van der Waals surface area contributed by atoms with E-state index in [9.17, 15) is 8.42 Å². The quantitative estimate of drug-likeness (QED) is 0.636. The highest BCUT2D eigenvalue weighted by Crippen LogP contribution is 2.29. The van der Waals surface area contributed by atoms with Crippen molar-refractivity contribution in [1.82, 2.24) is 5.32 Å². The predicted molar refractivity (Wildman–Crippen MR) is 113 cm³/mol. The average molecular weight is 446 g/mol. The summed E-state index contributed by atoms with van der Waals surface area (Å²) in [6.07, 6.45) is 2.91. The van der Waals surface area contributed by atoms with Gasteiger partial charge in [0, 0.05) is 6.07 Å². The second-order valence-electron chi connectivity index (χ2n) is 6.64. The number of nitrogens with one attached hydrogen (secondary N) is 1. The van der Waals surface area contributed by atoms with Crippen LogP contribution in [0.3, 0.4) is 0 Å². The first-order valence-electron chi connectivity index (χ1n) is 9.14. The molecule has 0 unspecified atom stereocenters. The van der Waals surface area contributed by atoms with Gasteiger partial charge in [0.25, 0.3) is 0 Å². The van der Waals surface area contributed by atoms with Gasteiger partial charge in [0.2, 0.25) is 0 Å². The van der Waals surface area contributed by atoms with Crippen molar-refractivity contribution in [3.05, 3.63) is 53.1 Å². The summed E-state index contributed by atoms with van der Waals surface area (Å²) in [4.78, 5) is -0.0502. The molecule has 8 heteroatoms. The van der Waals surface area contributed by atoms with Crippen LogP contribution in [0.25, 0.3) is 0 Å². The molecule has 3 rings (SSSR count). The van der Waals surface area contributed by atoms with Crippen LogP contribution in [-0.2, 0) is 16.5 Å². The number of hydrogen-bond acceptors (Lipinski definition) is 5. The molecule has 154 valence electrons. The number of benzene rings is 2. The van der Waals surface area contributed by atoms with Crippen LogP contribution in [0, 0.1) is 5.92 Å². The molecule has 0 bridgehead atoms. The van der Waals surface area contributed by atoms with E-state index in [0.717, 1.165) is 37.9 Å². The number of halogens is 2. The zero-order valence-electron chi connectivity index (χ0n) is 15.7. The highest BCUT2D eigenvalue weighted by Gasteiger charge is 2.21. The lowest BCUT2D eigenvalue weighted by molar-refractivity contribution is 0.215. The van der Waals surface area contributed by atoms with E-state index in [1.54, 1.807) is 24.3 Å². The summed E-state index contributed by atoms with van der Waals surface area (Å²) in [6, 6.07) is 11.5. The molecule has 0 amide bonds. The first-order chi connectivity index (χ1) is 13.0. The minimum absolute atomic E-state index is 0. The van der Waals surface area contributed by atoms with E-state index in [-0.39, 0.29) is 28.1 Å². The molecule has 0 atom stereocenters. The van der Waals surface area contributed by atoms with Crippen molar-refractivity contribution in [3.63, 3.8) is 0 Å². The van der Waals surface area contributed by atoms with Crippen LogP contribution in [0.1, 0.15) is 25.3 Å². The van der Waals surface area contributed by atoms with Gasteiger partial charge >= 0.3 is 10.1 Å². The van der Waals surface area contributed by atoms with Gasteiger partial charge in [-0.2, -0.15) is 8.42 Å². The summed E-state index contributed by atoms with van der Waals surface area (Å²) in [6.45, 7) is 4.63. The predicted octanol–water partition coefficient (Wildman–Crippen LogP) is 4.47. The molecule has 1 fully saturated rings. The normalized spacial score (nSPS) is 14.9. The molecule has 1 heterocycles. The number of hydrogen-bond donors (Lipinski definition) is 1. The van der Waals surface area contributed by atoms with Crippen molar-refractivity contribution in [2.24, 2.45) is 5.92 Å². The van der Waals surface area contributed by atoms with Crippen molar-refractivity contribution >= 4 is 34.1 Å².